The van der Waals surface area contributed by atoms with Crippen molar-refractivity contribution in [1.29, 1.82) is 0 Å². The Bertz CT molecular complexity index is 217. The first kappa shape index (κ1) is 13.3. The second kappa shape index (κ2) is 6.17. The van der Waals surface area contributed by atoms with Crippen LogP contribution < -0.4 is 5.32 Å². The monoisotopic (exact) mass is 240 g/mol. The summed E-state index contributed by atoms with van der Waals surface area (Å²) in [5.74, 6) is 0. The molecule has 2 fully saturated rings. The normalized spacial score (nSPS) is 24.2. The number of nitrogens with one attached hydrogen (secondary N) is 1. The summed E-state index contributed by atoms with van der Waals surface area (Å²) in [6.45, 7) is 3.52. The molecule has 0 saturated heterocycles. The molecule has 3 heteroatoms. The molecule has 100 valence electrons. The Morgan fingerprint density at radius 3 is 2.47 bits per heavy atom. The van der Waals surface area contributed by atoms with E-state index in [1.165, 1.54) is 51.5 Å². The van der Waals surface area contributed by atoms with Crippen LogP contribution in [-0.2, 0) is 0 Å². The van der Waals surface area contributed by atoms with Gasteiger partial charge in [0.05, 0.1) is 6.61 Å². The number of hydrogen-bond acceptors (Lipinski definition) is 3. The van der Waals surface area contributed by atoms with E-state index in [4.69, 9.17) is 0 Å². The third-order valence-electron chi connectivity index (χ3n) is 4.45. The van der Waals surface area contributed by atoms with Gasteiger partial charge < -0.3 is 10.4 Å². The lowest BCUT2D eigenvalue weighted by Gasteiger charge is -2.41. The average Bonchev–Trinajstić information content (AvgIpc) is 3.14. The molecule has 0 bridgehead atoms. The molecule has 17 heavy (non-hydrogen) atoms. The minimum Gasteiger partial charge on any atom is -0.395 e. The molecular formula is C14H28N2O. The third-order valence-corrected chi connectivity index (χ3v) is 4.45. The van der Waals surface area contributed by atoms with Gasteiger partial charge in [0.1, 0.15) is 0 Å². The Hall–Kier alpha value is -0.120. The van der Waals surface area contributed by atoms with Gasteiger partial charge in [-0.3, -0.25) is 4.90 Å². The zero-order valence-electron chi connectivity index (χ0n) is 11.2. The maximum atomic E-state index is 9.20. The molecular weight excluding hydrogens is 212 g/mol. The van der Waals surface area contributed by atoms with E-state index in [2.05, 4.69) is 17.3 Å². The highest BCUT2D eigenvalue weighted by atomic mass is 16.3. The van der Waals surface area contributed by atoms with Crippen molar-refractivity contribution in [3.8, 4) is 0 Å². The van der Waals surface area contributed by atoms with Crippen molar-refractivity contribution in [1.82, 2.24) is 10.2 Å². The summed E-state index contributed by atoms with van der Waals surface area (Å²) in [7, 11) is 2.07. The number of rotatable bonds is 7. The van der Waals surface area contributed by atoms with Crippen LogP contribution in [0.5, 0.6) is 0 Å². The Morgan fingerprint density at radius 2 is 1.94 bits per heavy atom. The van der Waals surface area contributed by atoms with Crippen LogP contribution in [0.4, 0.5) is 0 Å². The van der Waals surface area contributed by atoms with Crippen molar-refractivity contribution in [2.24, 2.45) is 5.41 Å². The summed E-state index contributed by atoms with van der Waals surface area (Å²) >= 11 is 0. The van der Waals surface area contributed by atoms with E-state index in [9.17, 15) is 5.11 Å². The fourth-order valence-corrected chi connectivity index (χ4v) is 3.46. The highest BCUT2D eigenvalue weighted by molar-refractivity contribution is 4.92. The van der Waals surface area contributed by atoms with Gasteiger partial charge >= 0.3 is 0 Å². The molecule has 0 aromatic carbocycles. The number of nitrogens with zero attached hydrogens (tertiary/aromatic N) is 1. The van der Waals surface area contributed by atoms with Crippen LogP contribution in [0.1, 0.15) is 44.9 Å². The van der Waals surface area contributed by atoms with Gasteiger partial charge in [-0.05, 0) is 38.1 Å². The van der Waals surface area contributed by atoms with Crippen LogP contribution in [0.25, 0.3) is 0 Å². The van der Waals surface area contributed by atoms with E-state index in [1.54, 1.807) is 0 Å². The highest BCUT2D eigenvalue weighted by Gasteiger charge is 2.37. The van der Waals surface area contributed by atoms with Crippen LogP contribution in [0.15, 0.2) is 0 Å². The van der Waals surface area contributed by atoms with Crippen LogP contribution in [0.2, 0.25) is 0 Å². The molecule has 0 aromatic heterocycles. The molecule has 2 aliphatic rings. The van der Waals surface area contributed by atoms with E-state index in [-0.39, 0.29) is 0 Å². The average molecular weight is 240 g/mol. The number of aliphatic hydroxyl groups is 1. The van der Waals surface area contributed by atoms with Crippen molar-refractivity contribution < 1.29 is 5.11 Å². The van der Waals surface area contributed by atoms with Gasteiger partial charge in [-0.1, -0.05) is 19.3 Å². The Balaban J connectivity index is 1.94. The second-order valence-corrected chi connectivity index (χ2v) is 6.02. The standard InChI is InChI=1S/C14H28N2O/c1-15-11-14(7-3-2-4-8-14)12-16(9-10-17)13-5-6-13/h13,15,17H,2-12H2,1H3. The van der Waals surface area contributed by atoms with Gasteiger partial charge in [0.2, 0.25) is 0 Å². The van der Waals surface area contributed by atoms with Crippen LogP contribution in [0, 0.1) is 5.41 Å². The Labute approximate surface area is 106 Å². The van der Waals surface area contributed by atoms with Gasteiger partial charge in [0.25, 0.3) is 0 Å². The molecule has 0 amide bonds. The zero-order chi connectivity index (χ0) is 12.1. The molecule has 3 nitrogen and oxygen atoms in total. The largest absolute Gasteiger partial charge is 0.395 e. The molecule has 0 aromatic rings. The molecule has 0 heterocycles. The molecule has 0 unspecified atom stereocenters. The predicted molar refractivity (Wildman–Crippen MR) is 71.1 cm³/mol. The summed E-state index contributed by atoms with van der Waals surface area (Å²) in [4.78, 5) is 2.54. The topological polar surface area (TPSA) is 35.5 Å². The Kier molecular flexibility index (Phi) is 4.83. The van der Waals surface area contributed by atoms with Crippen LogP contribution >= 0.6 is 0 Å². The van der Waals surface area contributed by atoms with Gasteiger partial charge in [0.15, 0.2) is 0 Å². The molecule has 2 aliphatic carbocycles. The maximum absolute atomic E-state index is 9.20. The summed E-state index contributed by atoms with van der Waals surface area (Å²) in [6.07, 6.45) is 9.60. The van der Waals surface area contributed by atoms with E-state index in [1.807, 2.05) is 0 Å². The fraction of sp³-hybridized carbons (Fsp3) is 1.00. The lowest BCUT2D eigenvalue weighted by molar-refractivity contribution is 0.0854. The molecule has 0 aliphatic heterocycles. The van der Waals surface area contributed by atoms with Gasteiger partial charge in [-0.15, -0.1) is 0 Å². The number of aliphatic hydroxyl groups excluding tert-OH is 1. The van der Waals surface area contributed by atoms with Crippen molar-refractivity contribution in [2.45, 2.75) is 51.0 Å². The van der Waals surface area contributed by atoms with Crippen molar-refractivity contribution in [3.63, 3.8) is 0 Å². The van der Waals surface area contributed by atoms with Crippen LogP contribution in [-0.4, -0.2) is 49.3 Å². The summed E-state index contributed by atoms with van der Waals surface area (Å²) in [5, 5.41) is 12.6. The fourth-order valence-electron chi connectivity index (χ4n) is 3.46. The smallest absolute Gasteiger partial charge is 0.0558 e. The van der Waals surface area contributed by atoms with E-state index in [0.29, 0.717) is 12.0 Å². The quantitative estimate of drug-likeness (QED) is 0.710. The SMILES string of the molecule is CNCC1(CN(CCO)C2CC2)CCCCC1. The highest BCUT2D eigenvalue weighted by Crippen LogP contribution is 2.39. The summed E-state index contributed by atoms with van der Waals surface area (Å²) in [6, 6.07) is 0.776. The minimum absolute atomic E-state index is 0.312. The minimum atomic E-state index is 0.312. The molecule has 2 N–H and O–H groups in total. The third kappa shape index (κ3) is 3.67. The van der Waals surface area contributed by atoms with E-state index >= 15 is 0 Å². The van der Waals surface area contributed by atoms with Crippen molar-refractivity contribution in [2.75, 3.05) is 33.3 Å². The maximum Gasteiger partial charge on any atom is 0.0558 e. The first-order valence-corrected chi connectivity index (χ1v) is 7.29. The molecule has 0 spiro atoms. The number of hydrogen-bond donors (Lipinski definition) is 2. The van der Waals surface area contributed by atoms with E-state index < -0.39 is 0 Å². The van der Waals surface area contributed by atoms with Gasteiger partial charge in [-0.2, -0.15) is 0 Å². The molecule has 2 saturated carbocycles. The second-order valence-electron chi connectivity index (χ2n) is 6.02. The lowest BCUT2D eigenvalue weighted by atomic mass is 9.73. The van der Waals surface area contributed by atoms with Crippen LogP contribution in [0.3, 0.4) is 0 Å². The summed E-state index contributed by atoms with van der Waals surface area (Å²) in [5.41, 5.74) is 0.477. The molecule has 2 rings (SSSR count). The predicted octanol–water partition coefficient (Wildman–Crippen LogP) is 1.61. The first-order chi connectivity index (χ1) is 8.29. The lowest BCUT2D eigenvalue weighted by Crippen LogP contribution is -2.46. The van der Waals surface area contributed by atoms with E-state index in [0.717, 1.165) is 19.1 Å². The Morgan fingerprint density at radius 1 is 1.24 bits per heavy atom. The molecule has 0 radical (unpaired) electrons. The van der Waals surface area contributed by atoms with Crippen molar-refractivity contribution >= 4 is 0 Å². The molecule has 0 atom stereocenters. The first-order valence-electron chi connectivity index (χ1n) is 7.29. The summed E-state index contributed by atoms with van der Waals surface area (Å²) < 4.78 is 0. The van der Waals surface area contributed by atoms with Gasteiger partial charge in [0, 0.05) is 25.7 Å². The van der Waals surface area contributed by atoms with Gasteiger partial charge in [-0.25, -0.2) is 0 Å². The van der Waals surface area contributed by atoms with Crippen molar-refractivity contribution in [3.05, 3.63) is 0 Å². The zero-order valence-corrected chi connectivity index (χ0v) is 11.2.